The smallest absolute Gasteiger partial charge is 0.293 e. The Balaban J connectivity index is 1.50. The van der Waals surface area contributed by atoms with Crippen LogP contribution in [0.5, 0.6) is 0 Å². The van der Waals surface area contributed by atoms with Gasteiger partial charge in [-0.1, -0.05) is 12.8 Å². The number of anilines is 1. The molecule has 32 heavy (non-hydrogen) atoms. The van der Waals surface area contributed by atoms with E-state index in [-0.39, 0.29) is 22.6 Å². The summed E-state index contributed by atoms with van der Waals surface area (Å²) in [6, 6.07) is 4.17. The van der Waals surface area contributed by atoms with Gasteiger partial charge in [-0.05, 0) is 37.8 Å². The highest BCUT2D eigenvalue weighted by molar-refractivity contribution is 7.89. The van der Waals surface area contributed by atoms with Crippen LogP contribution in [0.15, 0.2) is 23.1 Å². The van der Waals surface area contributed by atoms with Crippen molar-refractivity contribution < 1.29 is 22.9 Å². The van der Waals surface area contributed by atoms with Gasteiger partial charge in [-0.3, -0.25) is 14.9 Å². The molecule has 3 saturated heterocycles. The molecule has 0 aromatic heterocycles. The Hall–Kier alpha value is -2.24. The molecule has 0 radical (unpaired) electrons. The maximum atomic E-state index is 13.1. The van der Waals surface area contributed by atoms with E-state index in [2.05, 4.69) is 0 Å². The predicted octanol–water partition coefficient (Wildman–Crippen LogP) is 1.99. The molecule has 0 aliphatic carbocycles. The first kappa shape index (κ1) is 22.9. The van der Waals surface area contributed by atoms with Crippen LogP contribution in [-0.2, 0) is 19.6 Å². The van der Waals surface area contributed by atoms with Crippen molar-refractivity contribution in [2.45, 2.75) is 49.5 Å². The second-order valence-corrected chi connectivity index (χ2v) is 10.5. The summed E-state index contributed by atoms with van der Waals surface area (Å²) in [7, 11) is -3.77. The third-order valence-electron chi connectivity index (χ3n) is 6.48. The van der Waals surface area contributed by atoms with E-state index in [4.69, 9.17) is 4.74 Å². The predicted molar refractivity (Wildman–Crippen MR) is 118 cm³/mol. The lowest BCUT2D eigenvalue weighted by Crippen LogP contribution is -2.51. The molecule has 11 heteroatoms. The highest BCUT2D eigenvalue weighted by Gasteiger charge is 2.33. The number of ether oxygens (including phenoxy) is 1. The number of amides is 1. The fraction of sp³-hybridized carbons (Fsp3) is 0.667. The van der Waals surface area contributed by atoms with Gasteiger partial charge in [0.15, 0.2) is 0 Å². The van der Waals surface area contributed by atoms with Gasteiger partial charge in [0, 0.05) is 51.9 Å². The third-order valence-corrected chi connectivity index (χ3v) is 8.38. The molecule has 1 amide bonds. The maximum absolute atomic E-state index is 13.1. The number of nitrogens with zero attached hydrogens (tertiary/aromatic N) is 4. The van der Waals surface area contributed by atoms with Gasteiger partial charge in [-0.15, -0.1) is 0 Å². The number of nitro groups is 1. The van der Waals surface area contributed by atoms with Gasteiger partial charge in [0.1, 0.15) is 11.8 Å². The minimum absolute atomic E-state index is 0.0180. The molecule has 10 nitrogen and oxygen atoms in total. The van der Waals surface area contributed by atoms with Crippen molar-refractivity contribution in [2.75, 3.05) is 50.8 Å². The van der Waals surface area contributed by atoms with Gasteiger partial charge in [0.05, 0.1) is 9.82 Å². The highest BCUT2D eigenvalue weighted by Crippen LogP contribution is 2.33. The summed E-state index contributed by atoms with van der Waals surface area (Å²) in [4.78, 5) is 27.4. The van der Waals surface area contributed by atoms with Crippen molar-refractivity contribution in [1.82, 2.24) is 9.21 Å². The molecular weight excluding hydrogens is 436 g/mol. The summed E-state index contributed by atoms with van der Waals surface area (Å²) in [6.07, 6.45) is 4.83. The number of hydrogen-bond donors (Lipinski definition) is 0. The van der Waals surface area contributed by atoms with Gasteiger partial charge in [-0.2, -0.15) is 4.31 Å². The molecule has 1 aromatic carbocycles. The van der Waals surface area contributed by atoms with Gasteiger partial charge in [0.25, 0.3) is 11.6 Å². The first-order valence-corrected chi connectivity index (χ1v) is 12.8. The van der Waals surface area contributed by atoms with E-state index >= 15 is 0 Å². The molecule has 1 atom stereocenters. The first-order chi connectivity index (χ1) is 15.4. The van der Waals surface area contributed by atoms with Gasteiger partial charge >= 0.3 is 0 Å². The van der Waals surface area contributed by atoms with Crippen LogP contribution >= 0.6 is 0 Å². The Kier molecular flexibility index (Phi) is 6.96. The summed E-state index contributed by atoms with van der Waals surface area (Å²) in [5.41, 5.74) is 0.161. The summed E-state index contributed by atoms with van der Waals surface area (Å²) >= 11 is 0. The van der Waals surface area contributed by atoms with E-state index in [0.717, 1.165) is 38.5 Å². The quantitative estimate of drug-likeness (QED) is 0.482. The zero-order valence-corrected chi connectivity index (χ0v) is 19.0. The molecule has 4 rings (SSSR count). The molecule has 0 spiro atoms. The number of nitro benzene ring substituents is 1. The second-order valence-electron chi connectivity index (χ2n) is 8.54. The zero-order chi connectivity index (χ0) is 22.7. The SMILES string of the molecule is O=C(C1CCCO1)N1CCN(c2ccc(S(=O)(=O)N3CCCCCC3)cc2[N+](=O)[O-])CC1. The van der Waals surface area contributed by atoms with Gasteiger partial charge in [-0.25, -0.2) is 8.42 Å². The molecule has 1 aromatic rings. The molecule has 0 saturated carbocycles. The van der Waals surface area contributed by atoms with E-state index in [1.54, 1.807) is 4.90 Å². The van der Waals surface area contributed by atoms with Gasteiger partial charge < -0.3 is 14.5 Å². The Bertz CT molecular complexity index is 947. The molecular formula is C21H30N4O6S. The normalized spacial score (nSPS) is 23.2. The topological polar surface area (TPSA) is 113 Å². The molecule has 0 N–H and O–H groups in total. The molecule has 0 bridgehead atoms. The number of carbonyl (C=O) groups excluding carboxylic acids is 1. The number of carbonyl (C=O) groups is 1. The van der Waals surface area contributed by atoms with Crippen LogP contribution in [0.2, 0.25) is 0 Å². The van der Waals surface area contributed by atoms with Crippen LogP contribution in [0.4, 0.5) is 11.4 Å². The zero-order valence-electron chi connectivity index (χ0n) is 18.1. The highest BCUT2D eigenvalue weighted by atomic mass is 32.2. The number of piperazine rings is 1. The second kappa shape index (κ2) is 9.72. The standard InChI is InChI=1S/C21H30N4O6S/c26-21(20-6-5-15-31-20)23-13-11-22(12-14-23)18-8-7-17(16-19(18)25(27)28)32(29,30)24-9-3-1-2-4-10-24/h7-8,16,20H,1-6,9-15H2. The maximum Gasteiger partial charge on any atom is 0.293 e. The van der Waals surface area contributed by atoms with E-state index in [0.29, 0.717) is 51.6 Å². The number of rotatable bonds is 5. The van der Waals surface area contributed by atoms with Crippen molar-refractivity contribution >= 4 is 27.3 Å². The first-order valence-electron chi connectivity index (χ1n) is 11.3. The molecule has 176 valence electrons. The van der Waals surface area contributed by atoms with Crippen LogP contribution in [0.25, 0.3) is 0 Å². The van der Waals surface area contributed by atoms with Crippen molar-refractivity contribution in [3.63, 3.8) is 0 Å². The van der Waals surface area contributed by atoms with Crippen LogP contribution in [0.1, 0.15) is 38.5 Å². The Labute approximate surface area is 188 Å². The van der Waals surface area contributed by atoms with Crippen LogP contribution < -0.4 is 4.90 Å². The number of sulfonamides is 1. The lowest BCUT2D eigenvalue weighted by molar-refractivity contribution is -0.384. The summed E-state index contributed by atoms with van der Waals surface area (Å²) < 4.78 is 33.1. The fourth-order valence-corrected chi connectivity index (χ4v) is 6.19. The van der Waals surface area contributed by atoms with E-state index < -0.39 is 14.9 Å². The van der Waals surface area contributed by atoms with E-state index in [1.165, 1.54) is 22.5 Å². The van der Waals surface area contributed by atoms with Crippen molar-refractivity contribution in [3.8, 4) is 0 Å². The Morgan fingerprint density at radius 3 is 2.28 bits per heavy atom. The fourth-order valence-electron chi connectivity index (χ4n) is 4.65. The summed E-state index contributed by atoms with van der Waals surface area (Å²) in [5, 5.41) is 11.8. The van der Waals surface area contributed by atoms with Crippen LogP contribution in [0, 0.1) is 10.1 Å². The average molecular weight is 467 g/mol. The molecule has 3 aliphatic rings. The minimum atomic E-state index is -3.77. The van der Waals surface area contributed by atoms with Crippen molar-refractivity contribution in [1.29, 1.82) is 0 Å². The monoisotopic (exact) mass is 466 g/mol. The molecule has 3 aliphatic heterocycles. The molecule has 3 fully saturated rings. The summed E-state index contributed by atoms with van der Waals surface area (Å²) in [6.45, 7) is 3.27. The lowest BCUT2D eigenvalue weighted by atomic mass is 10.2. The number of benzene rings is 1. The average Bonchev–Trinajstić information content (AvgIpc) is 3.19. The van der Waals surface area contributed by atoms with Gasteiger partial charge in [0.2, 0.25) is 10.0 Å². The van der Waals surface area contributed by atoms with Crippen molar-refractivity contribution in [2.24, 2.45) is 0 Å². The van der Waals surface area contributed by atoms with E-state index in [1.807, 2.05) is 4.90 Å². The Morgan fingerprint density at radius 1 is 1.00 bits per heavy atom. The van der Waals surface area contributed by atoms with Crippen LogP contribution in [0.3, 0.4) is 0 Å². The molecule has 1 unspecified atom stereocenters. The van der Waals surface area contributed by atoms with Crippen LogP contribution in [-0.4, -0.2) is 80.4 Å². The summed E-state index contributed by atoms with van der Waals surface area (Å²) in [5.74, 6) is -0.0180. The molecule has 3 heterocycles. The minimum Gasteiger partial charge on any atom is -0.368 e. The Morgan fingerprint density at radius 2 is 1.69 bits per heavy atom. The number of hydrogen-bond acceptors (Lipinski definition) is 7. The largest absolute Gasteiger partial charge is 0.368 e. The van der Waals surface area contributed by atoms with Crippen molar-refractivity contribution in [3.05, 3.63) is 28.3 Å². The third kappa shape index (κ3) is 4.74. The van der Waals surface area contributed by atoms with E-state index in [9.17, 15) is 23.3 Å². The lowest BCUT2D eigenvalue weighted by Gasteiger charge is -2.36.